The molecule has 18 heavy (non-hydrogen) atoms. The Morgan fingerprint density at radius 2 is 2.11 bits per heavy atom. The monoisotopic (exact) mass is 267 g/mol. The molecule has 1 N–H and O–H groups in total. The summed E-state index contributed by atoms with van der Waals surface area (Å²) in [6, 6.07) is -0.351. The van der Waals surface area contributed by atoms with Gasteiger partial charge in [-0.2, -0.15) is 5.10 Å². The summed E-state index contributed by atoms with van der Waals surface area (Å²) in [5, 5.41) is 4.33. The fourth-order valence-electron chi connectivity index (χ4n) is 2.18. The number of carbonyl (C=O) groups excluding carboxylic acids is 1. The summed E-state index contributed by atoms with van der Waals surface area (Å²) < 4.78 is 4.10. The second kappa shape index (κ2) is 4.24. The van der Waals surface area contributed by atoms with Crippen LogP contribution in [0.5, 0.6) is 0 Å². The summed E-state index contributed by atoms with van der Waals surface area (Å²) in [4.78, 5) is 16.7. The molecule has 0 aromatic carbocycles. The molecule has 98 valence electrons. The zero-order valence-corrected chi connectivity index (χ0v) is 12.0. The van der Waals surface area contributed by atoms with Crippen molar-refractivity contribution in [1.29, 1.82) is 0 Å². The van der Waals surface area contributed by atoms with Crippen LogP contribution in [0, 0.1) is 11.7 Å². The Morgan fingerprint density at radius 3 is 2.67 bits per heavy atom. The maximum absolute atomic E-state index is 12.1. The Labute approximate surface area is 110 Å². The van der Waals surface area contributed by atoms with Gasteiger partial charge in [0.05, 0.1) is 5.69 Å². The number of H-pyrrole nitrogens is 1. The van der Waals surface area contributed by atoms with Crippen LogP contribution >= 0.6 is 12.2 Å². The minimum atomic E-state index is -0.351. The predicted octanol–water partition coefficient (Wildman–Crippen LogP) is 1.39. The Balaban J connectivity index is 2.67. The molecule has 2 aromatic rings. The second-order valence-electron chi connectivity index (χ2n) is 4.62. The van der Waals surface area contributed by atoms with E-state index in [1.165, 1.54) is 0 Å². The molecule has 0 fully saturated rings. The van der Waals surface area contributed by atoms with E-state index in [9.17, 15) is 4.79 Å². The van der Waals surface area contributed by atoms with Crippen LogP contribution in [-0.4, -0.2) is 44.2 Å². The van der Waals surface area contributed by atoms with Crippen LogP contribution in [0.4, 0.5) is 0 Å². The van der Waals surface area contributed by atoms with Gasteiger partial charge >= 0.3 is 0 Å². The highest BCUT2D eigenvalue weighted by Gasteiger charge is 2.22. The average Bonchev–Trinajstić information content (AvgIpc) is 2.75. The van der Waals surface area contributed by atoms with Gasteiger partial charge in [0.15, 0.2) is 10.4 Å². The molecule has 0 bridgehead atoms. The number of likely N-dealkylation sites (N-methyl/N-ethyl adjacent to an activating group) is 1. The maximum atomic E-state index is 12.1. The number of aromatic nitrogens is 4. The normalized spacial score (nSPS) is 12.9. The summed E-state index contributed by atoms with van der Waals surface area (Å²) in [5.74, 6) is 0.00542. The molecule has 0 aliphatic heterocycles. The number of rotatable bonds is 2. The molecule has 2 rings (SSSR count). The number of aryl methyl sites for hydroxylation is 2. The summed E-state index contributed by atoms with van der Waals surface area (Å²) in [5.41, 5.74) is 2.61. The van der Waals surface area contributed by atoms with Crippen LogP contribution in [0.3, 0.4) is 0 Å². The minimum absolute atomic E-state index is 0.00542. The van der Waals surface area contributed by atoms with Crippen molar-refractivity contribution in [2.24, 2.45) is 7.05 Å². The molecule has 6 nitrogen and oxygen atoms in total. The number of carbonyl (C=O) groups is 1. The van der Waals surface area contributed by atoms with E-state index >= 15 is 0 Å². The minimum Gasteiger partial charge on any atom is -0.347 e. The number of fused-ring (bicyclic) bond motifs is 1. The number of hydrogen-bond donors (Lipinski definition) is 1. The Kier molecular flexibility index (Phi) is 3.02. The third-order valence-electron chi connectivity index (χ3n) is 3.06. The van der Waals surface area contributed by atoms with Gasteiger partial charge in [-0.25, -0.2) is 0 Å². The molecule has 0 aliphatic carbocycles. The molecule has 0 saturated carbocycles. The maximum Gasteiger partial charge on any atom is 0.244 e. The molecule has 0 radical (unpaired) electrons. The van der Waals surface area contributed by atoms with Gasteiger partial charge < -0.3 is 9.88 Å². The van der Waals surface area contributed by atoms with Crippen molar-refractivity contribution in [3.8, 4) is 0 Å². The van der Waals surface area contributed by atoms with E-state index in [1.54, 1.807) is 23.7 Å². The van der Waals surface area contributed by atoms with Crippen molar-refractivity contribution in [1.82, 2.24) is 24.2 Å². The molecule has 0 aliphatic rings. The molecule has 0 spiro atoms. The Bertz CT molecular complexity index is 663. The van der Waals surface area contributed by atoms with Crippen LogP contribution in [0.2, 0.25) is 0 Å². The van der Waals surface area contributed by atoms with E-state index in [-0.39, 0.29) is 11.9 Å². The number of imidazole rings is 1. The molecule has 1 atom stereocenters. The zero-order chi connectivity index (χ0) is 13.6. The van der Waals surface area contributed by atoms with Gasteiger partial charge in [-0.3, -0.25) is 14.0 Å². The van der Waals surface area contributed by atoms with E-state index < -0.39 is 0 Å². The van der Waals surface area contributed by atoms with Crippen molar-refractivity contribution in [3.63, 3.8) is 0 Å². The molecule has 7 heteroatoms. The molecule has 1 amide bonds. The number of amides is 1. The van der Waals surface area contributed by atoms with Gasteiger partial charge in [0.25, 0.3) is 0 Å². The van der Waals surface area contributed by atoms with Gasteiger partial charge in [0.2, 0.25) is 5.91 Å². The number of hydrogen-bond acceptors (Lipinski definition) is 3. The van der Waals surface area contributed by atoms with Crippen LogP contribution < -0.4 is 0 Å². The highest BCUT2D eigenvalue weighted by Crippen LogP contribution is 2.21. The second-order valence-corrected chi connectivity index (χ2v) is 5.00. The largest absolute Gasteiger partial charge is 0.347 e. The Hall–Kier alpha value is -1.63. The summed E-state index contributed by atoms with van der Waals surface area (Å²) in [6.45, 7) is 3.75. The van der Waals surface area contributed by atoms with E-state index in [4.69, 9.17) is 12.2 Å². The highest BCUT2D eigenvalue weighted by atomic mass is 32.1. The van der Waals surface area contributed by atoms with Gasteiger partial charge in [-0.05, 0) is 26.1 Å². The third-order valence-corrected chi connectivity index (χ3v) is 3.36. The van der Waals surface area contributed by atoms with Gasteiger partial charge in [0, 0.05) is 21.1 Å². The van der Waals surface area contributed by atoms with Crippen LogP contribution in [0.15, 0.2) is 0 Å². The van der Waals surface area contributed by atoms with Gasteiger partial charge in [0.1, 0.15) is 11.6 Å². The van der Waals surface area contributed by atoms with Crippen molar-refractivity contribution in [3.05, 3.63) is 10.5 Å². The predicted molar refractivity (Wildman–Crippen MR) is 72.0 cm³/mol. The summed E-state index contributed by atoms with van der Waals surface area (Å²) in [7, 11) is 5.32. The van der Waals surface area contributed by atoms with Crippen molar-refractivity contribution in [2.45, 2.75) is 19.9 Å². The quantitative estimate of drug-likeness (QED) is 0.837. The SMILES string of the molecule is Cc1nn(C)c2c1[nH]c(=S)n2C(C)C(=O)N(C)C. The van der Waals surface area contributed by atoms with Crippen LogP contribution in [-0.2, 0) is 11.8 Å². The number of nitrogens with one attached hydrogen (secondary N) is 1. The lowest BCUT2D eigenvalue weighted by atomic mass is 10.3. The molecule has 2 heterocycles. The lowest BCUT2D eigenvalue weighted by Gasteiger charge is -2.18. The molecule has 0 saturated heterocycles. The number of aromatic amines is 1. The molecule has 2 aromatic heterocycles. The lowest BCUT2D eigenvalue weighted by Crippen LogP contribution is -2.30. The first-order valence-electron chi connectivity index (χ1n) is 5.69. The highest BCUT2D eigenvalue weighted by molar-refractivity contribution is 7.71. The standard InChI is InChI=1S/C11H17N5OS/c1-6-8-9(15(5)13-6)16(11(18)12-8)7(2)10(17)14(3)4/h7H,1-5H3,(H,12,18). The Morgan fingerprint density at radius 1 is 1.50 bits per heavy atom. The third kappa shape index (κ3) is 1.74. The van der Waals surface area contributed by atoms with Crippen molar-refractivity contribution < 1.29 is 4.79 Å². The smallest absolute Gasteiger partial charge is 0.244 e. The van der Waals surface area contributed by atoms with E-state index in [0.717, 1.165) is 16.9 Å². The fraction of sp³-hybridized carbons (Fsp3) is 0.545. The van der Waals surface area contributed by atoms with E-state index in [0.29, 0.717) is 4.77 Å². The molecular weight excluding hydrogens is 250 g/mol. The number of nitrogens with zero attached hydrogens (tertiary/aromatic N) is 4. The molecular formula is C11H17N5OS. The first-order chi connectivity index (χ1) is 8.34. The first kappa shape index (κ1) is 12.8. The van der Waals surface area contributed by atoms with E-state index in [1.807, 2.05) is 25.5 Å². The average molecular weight is 267 g/mol. The van der Waals surface area contributed by atoms with Gasteiger partial charge in [-0.15, -0.1) is 0 Å². The van der Waals surface area contributed by atoms with Crippen molar-refractivity contribution >= 4 is 29.3 Å². The van der Waals surface area contributed by atoms with Crippen LogP contribution in [0.25, 0.3) is 11.2 Å². The summed E-state index contributed by atoms with van der Waals surface area (Å²) >= 11 is 5.30. The zero-order valence-electron chi connectivity index (χ0n) is 11.2. The summed E-state index contributed by atoms with van der Waals surface area (Å²) in [6.07, 6.45) is 0. The van der Waals surface area contributed by atoms with Gasteiger partial charge in [-0.1, -0.05) is 0 Å². The topological polar surface area (TPSA) is 58.9 Å². The lowest BCUT2D eigenvalue weighted by molar-refractivity contribution is -0.131. The van der Waals surface area contributed by atoms with Crippen LogP contribution in [0.1, 0.15) is 18.7 Å². The van der Waals surface area contributed by atoms with E-state index in [2.05, 4.69) is 10.1 Å². The van der Waals surface area contributed by atoms with Crippen molar-refractivity contribution in [2.75, 3.05) is 14.1 Å². The fourth-order valence-corrected chi connectivity index (χ4v) is 2.52. The first-order valence-corrected chi connectivity index (χ1v) is 6.10. The molecule has 1 unspecified atom stereocenters.